The van der Waals surface area contributed by atoms with Crippen LogP contribution >= 0.6 is 0 Å². The summed E-state index contributed by atoms with van der Waals surface area (Å²) in [6.07, 6.45) is 1.70. The Labute approximate surface area is 75.8 Å². The van der Waals surface area contributed by atoms with E-state index in [-0.39, 0.29) is 0 Å². The van der Waals surface area contributed by atoms with Crippen molar-refractivity contribution in [2.24, 2.45) is 0 Å². The highest BCUT2D eigenvalue weighted by molar-refractivity contribution is 5.73. The first-order valence-corrected chi connectivity index (χ1v) is 4.24. The second kappa shape index (κ2) is 2.39. The van der Waals surface area contributed by atoms with E-state index in [4.69, 9.17) is 9.15 Å². The van der Waals surface area contributed by atoms with E-state index in [1.165, 1.54) is 0 Å². The second-order valence-corrected chi connectivity index (χ2v) is 3.04. The molecule has 2 aromatic rings. The molecule has 13 heavy (non-hydrogen) atoms. The molecule has 0 aliphatic carbocycles. The summed E-state index contributed by atoms with van der Waals surface area (Å²) < 4.78 is 10.8. The maximum absolute atomic E-state index is 5.51. The lowest BCUT2D eigenvalue weighted by Gasteiger charge is -2.15. The zero-order valence-corrected chi connectivity index (χ0v) is 6.99. The van der Waals surface area contributed by atoms with E-state index in [2.05, 4.69) is 0 Å². The number of hydrogen-bond donors (Lipinski definition) is 0. The molecule has 2 heterocycles. The van der Waals surface area contributed by atoms with E-state index < -0.39 is 0 Å². The van der Waals surface area contributed by atoms with Crippen molar-refractivity contribution in [2.75, 3.05) is 0 Å². The fourth-order valence-electron chi connectivity index (χ4n) is 1.65. The van der Waals surface area contributed by atoms with Gasteiger partial charge in [0, 0.05) is 11.1 Å². The Morgan fingerprint density at radius 2 is 1.92 bits per heavy atom. The molecule has 2 nitrogen and oxygen atoms in total. The van der Waals surface area contributed by atoms with Crippen molar-refractivity contribution in [3.8, 4) is 16.9 Å². The SMILES string of the molecule is c1ccc2c(c1)OCc1occc1-2. The van der Waals surface area contributed by atoms with Crippen LogP contribution in [0, 0.1) is 0 Å². The molecule has 0 amide bonds. The fraction of sp³-hybridized carbons (Fsp3) is 0.0909. The Kier molecular flexibility index (Phi) is 1.25. The molecule has 0 N–H and O–H groups in total. The molecule has 0 atom stereocenters. The Hall–Kier alpha value is -1.70. The summed E-state index contributed by atoms with van der Waals surface area (Å²) in [6.45, 7) is 0.541. The van der Waals surface area contributed by atoms with Crippen molar-refractivity contribution < 1.29 is 9.15 Å². The first kappa shape index (κ1) is 6.78. The third-order valence-corrected chi connectivity index (χ3v) is 2.28. The normalized spacial score (nSPS) is 12.9. The highest BCUT2D eigenvalue weighted by Gasteiger charge is 2.18. The van der Waals surface area contributed by atoms with Crippen LogP contribution in [0.2, 0.25) is 0 Å². The lowest BCUT2D eigenvalue weighted by molar-refractivity contribution is 0.266. The molecule has 1 aliphatic heterocycles. The number of ether oxygens (including phenoxy) is 1. The Balaban J connectivity index is 2.30. The number of para-hydroxylation sites is 1. The summed E-state index contributed by atoms with van der Waals surface area (Å²) in [5.74, 6) is 1.86. The first-order chi connectivity index (χ1) is 6.45. The molecule has 0 fully saturated rings. The van der Waals surface area contributed by atoms with Crippen LogP contribution in [-0.2, 0) is 6.61 Å². The molecule has 2 heteroatoms. The van der Waals surface area contributed by atoms with Crippen molar-refractivity contribution in [2.45, 2.75) is 6.61 Å². The van der Waals surface area contributed by atoms with Crippen LogP contribution in [0.3, 0.4) is 0 Å². The van der Waals surface area contributed by atoms with Gasteiger partial charge in [0.05, 0.1) is 6.26 Å². The molecule has 3 rings (SSSR count). The number of fused-ring (bicyclic) bond motifs is 3. The van der Waals surface area contributed by atoms with Gasteiger partial charge < -0.3 is 9.15 Å². The molecule has 0 radical (unpaired) electrons. The van der Waals surface area contributed by atoms with Gasteiger partial charge in [0.15, 0.2) is 0 Å². The van der Waals surface area contributed by atoms with E-state index in [0.29, 0.717) is 6.61 Å². The first-order valence-electron chi connectivity index (χ1n) is 4.24. The van der Waals surface area contributed by atoms with E-state index in [0.717, 1.165) is 22.6 Å². The van der Waals surface area contributed by atoms with Gasteiger partial charge in [-0.2, -0.15) is 0 Å². The molecular weight excluding hydrogens is 164 g/mol. The summed E-state index contributed by atoms with van der Waals surface area (Å²) in [7, 11) is 0. The third-order valence-electron chi connectivity index (χ3n) is 2.28. The van der Waals surface area contributed by atoms with Gasteiger partial charge >= 0.3 is 0 Å². The van der Waals surface area contributed by atoms with Crippen LogP contribution in [0.15, 0.2) is 41.0 Å². The average Bonchev–Trinajstić information content (AvgIpc) is 2.65. The lowest BCUT2D eigenvalue weighted by Crippen LogP contribution is -2.02. The minimum absolute atomic E-state index is 0.541. The van der Waals surface area contributed by atoms with Crippen LogP contribution in [0.4, 0.5) is 0 Å². The largest absolute Gasteiger partial charge is 0.485 e. The Morgan fingerprint density at radius 1 is 1.00 bits per heavy atom. The quantitative estimate of drug-likeness (QED) is 0.609. The van der Waals surface area contributed by atoms with Gasteiger partial charge in [-0.1, -0.05) is 18.2 Å². The molecule has 1 aliphatic rings. The van der Waals surface area contributed by atoms with Gasteiger partial charge in [0.1, 0.15) is 18.1 Å². The van der Waals surface area contributed by atoms with Crippen molar-refractivity contribution in [3.05, 3.63) is 42.4 Å². The number of hydrogen-bond acceptors (Lipinski definition) is 2. The van der Waals surface area contributed by atoms with E-state index in [9.17, 15) is 0 Å². The minimum Gasteiger partial charge on any atom is -0.485 e. The third kappa shape index (κ3) is 0.886. The maximum atomic E-state index is 5.51. The number of furan rings is 1. The van der Waals surface area contributed by atoms with Gasteiger partial charge in [-0.3, -0.25) is 0 Å². The van der Waals surface area contributed by atoms with Crippen molar-refractivity contribution >= 4 is 0 Å². The molecular formula is C11H8O2. The predicted molar refractivity (Wildman–Crippen MR) is 48.5 cm³/mol. The van der Waals surface area contributed by atoms with Crippen LogP contribution < -0.4 is 4.74 Å². The Bertz CT molecular complexity index is 443. The molecule has 0 saturated carbocycles. The van der Waals surface area contributed by atoms with Crippen LogP contribution in [-0.4, -0.2) is 0 Å². The second-order valence-electron chi connectivity index (χ2n) is 3.04. The topological polar surface area (TPSA) is 22.4 Å². The molecule has 0 spiro atoms. The van der Waals surface area contributed by atoms with Crippen molar-refractivity contribution in [1.82, 2.24) is 0 Å². The smallest absolute Gasteiger partial charge is 0.149 e. The Morgan fingerprint density at radius 3 is 2.92 bits per heavy atom. The van der Waals surface area contributed by atoms with Gasteiger partial charge in [0.25, 0.3) is 0 Å². The molecule has 1 aromatic heterocycles. The summed E-state index contributed by atoms with van der Waals surface area (Å²) in [5, 5.41) is 0. The van der Waals surface area contributed by atoms with E-state index in [1.54, 1.807) is 6.26 Å². The molecule has 64 valence electrons. The highest BCUT2D eigenvalue weighted by Crippen LogP contribution is 2.37. The van der Waals surface area contributed by atoms with Crippen LogP contribution in [0.1, 0.15) is 5.76 Å². The summed E-state index contributed by atoms with van der Waals surface area (Å²) in [5.41, 5.74) is 2.28. The van der Waals surface area contributed by atoms with Gasteiger partial charge in [-0.05, 0) is 12.1 Å². The highest BCUT2D eigenvalue weighted by atomic mass is 16.5. The lowest BCUT2D eigenvalue weighted by atomic mass is 10.0. The fourth-order valence-corrected chi connectivity index (χ4v) is 1.65. The monoisotopic (exact) mass is 172 g/mol. The molecule has 1 aromatic carbocycles. The van der Waals surface area contributed by atoms with Crippen molar-refractivity contribution in [1.29, 1.82) is 0 Å². The number of rotatable bonds is 0. The van der Waals surface area contributed by atoms with Crippen LogP contribution in [0.25, 0.3) is 11.1 Å². The summed E-state index contributed by atoms with van der Waals surface area (Å²) in [4.78, 5) is 0. The van der Waals surface area contributed by atoms with Gasteiger partial charge in [-0.25, -0.2) is 0 Å². The zero-order valence-electron chi connectivity index (χ0n) is 6.99. The molecule has 0 saturated heterocycles. The maximum Gasteiger partial charge on any atom is 0.149 e. The van der Waals surface area contributed by atoms with Crippen molar-refractivity contribution in [3.63, 3.8) is 0 Å². The summed E-state index contributed by atoms with van der Waals surface area (Å²) in [6, 6.07) is 9.99. The van der Waals surface area contributed by atoms with Gasteiger partial charge in [-0.15, -0.1) is 0 Å². The van der Waals surface area contributed by atoms with Gasteiger partial charge in [0.2, 0.25) is 0 Å². The average molecular weight is 172 g/mol. The molecule has 0 unspecified atom stereocenters. The molecule has 0 bridgehead atoms. The predicted octanol–water partition coefficient (Wildman–Crippen LogP) is 2.84. The van der Waals surface area contributed by atoms with E-state index in [1.807, 2.05) is 30.3 Å². The van der Waals surface area contributed by atoms with E-state index >= 15 is 0 Å². The minimum atomic E-state index is 0.541. The van der Waals surface area contributed by atoms with Crippen LogP contribution in [0.5, 0.6) is 5.75 Å². The standard InChI is InChI=1S/C11H8O2/c1-2-4-10-8(3-1)9-5-6-12-11(9)7-13-10/h1-6H,7H2. The zero-order chi connectivity index (χ0) is 8.67. The summed E-state index contributed by atoms with van der Waals surface area (Å²) >= 11 is 0. The number of benzene rings is 1.